The molecule has 0 bridgehead atoms. The Bertz CT molecular complexity index is 809. The molecule has 1 fully saturated rings. The zero-order valence-electron chi connectivity index (χ0n) is 13.1. The van der Waals surface area contributed by atoms with Crippen molar-refractivity contribution in [1.82, 2.24) is 10.2 Å². The highest BCUT2D eigenvalue weighted by Gasteiger charge is 2.33. The molecule has 1 saturated heterocycles. The van der Waals surface area contributed by atoms with Crippen molar-refractivity contribution in [2.24, 2.45) is 0 Å². The third-order valence-electron chi connectivity index (χ3n) is 4.48. The van der Waals surface area contributed by atoms with Crippen LogP contribution in [0.25, 0.3) is 0 Å². The lowest BCUT2D eigenvalue weighted by molar-refractivity contribution is 0.262. The SMILES string of the molecule is N#CC1=C(N2CCCC(c3ccccc3)C2)C=CNC1S(=O)(=O)O. The number of likely N-dealkylation sites (tertiary alicyclic amines) is 1. The Morgan fingerprint density at radius 2 is 2.04 bits per heavy atom. The first-order chi connectivity index (χ1) is 11.5. The number of allylic oxidation sites excluding steroid dienone is 1. The summed E-state index contributed by atoms with van der Waals surface area (Å²) in [4.78, 5) is 2.04. The lowest BCUT2D eigenvalue weighted by atomic mass is 9.90. The van der Waals surface area contributed by atoms with E-state index in [9.17, 15) is 18.2 Å². The lowest BCUT2D eigenvalue weighted by Gasteiger charge is -2.37. The first-order valence-corrected chi connectivity index (χ1v) is 9.34. The molecule has 6 nitrogen and oxygen atoms in total. The molecule has 24 heavy (non-hydrogen) atoms. The molecule has 0 spiro atoms. The number of nitriles is 1. The Hall–Kier alpha value is -2.30. The van der Waals surface area contributed by atoms with Gasteiger partial charge in [-0.25, -0.2) is 0 Å². The van der Waals surface area contributed by atoms with Crippen LogP contribution in [0.2, 0.25) is 0 Å². The van der Waals surface area contributed by atoms with Gasteiger partial charge in [0.05, 0.1) is 11.3 Å². The predicted octanol–water partition coefficient (Wildman–Crippen LogP) is 1.97. The summed E-state index contributed by atoms with van der Waals surface area (Å²) in [6.45, 7) is 1.47. The molecule has 3 rings (SSSR count). The fourth-order valence-corrected chi connectivity index (χ4v) is 4.06. The zero-order valence-corrected chi connectivity index (χ0v) is 13.9. The van der Waals surface area contributed by atoms with Crippen LogP contribution in [0.15, 0.2) is 53.9 Å². The van der Waals surface area contributed by atoms with Crippen molar-refractivity contribution in [2.75, 3.05) is 13.1 Å². The Labute approximate surface area is 141 Å². The average molecular weight is 345 g/mol. The third kappa shape index (κ3) is 3.30. The quantitative estimate of drug-likeness (QED) is 0.814. The number of nitrogens with one attached hydrogen (secondary N) is 1. The highest BCUT2D eigenvalue weighted by atomic mass is 32.2. The van der Waals surface area contributed by atoms with E-state index >= 15 is 0 Å². The van der Waals surface area contributed by atoms with Crippen molar-refractivity contribution in [3.05, 3.63) is 59.4 Å². The summed E-state index contributed by atoms with van der Waals surface area (Å²) in [5.41, 5.74) is 1.85. The first kappa shape index (κ1) is 16.6. The van der Waals surface area contributed by atoms with Crippen molar-refractivity contribution in [1.29, 1.82) is 5.26 Å². The van der Waals surface area contributed by atoms with E-state index in [4.69, 9.17) is 0 Å². The van der Waals surface area contributed by atoms with Gasteiger partial charge in [0.15, 0.2) is 5.37 Å². The predicted molar refractivity (Wildman–Crippen MR) is 90.2 cm³/mol. The number of hydrogen-bond acceptors (Lipinski definition) is 5. The molecule has 0 aliphatic carbocycles. The molecule has 2 N–H and O–H groups in total. The second kappa shape index (κ2) is 6.67. The van der Waals surface area contributed by atoms with E-state index in [-0.39, 0.29) is 5.57 Å². The monoisotopic (exact) mass is 345 g/mol. The van der Waals surface area contributed by atoms with E-state index in [0.29, 0.717) is 18.2 Å². The Kier molecular flexibility index (Phi) is 4.60. The normalized spacial score (nSPS) is 24.4. The smallest absolute Gasteiger partial charge is 0.291 e. The molecule has 0 aromatic heterocycles. The van der Waals surface area contributed by atoms with Gasteiger partial charge in [-0.3, -0.25) is 4.55 Å². The molecular formula is C17H19N3O3S. The Morgan fingerprint density at radius 1 is 1.29 bits per heavy atom. The van der Waals surface area contributed by atoms with E-state index in [2.05, 4.69) is 17.4 Å². The number of piperidine rings is 1. The van der Waals surface area contributed by atoms with Gasteiger partial charge in [0.1, 0.15) is 6.07 Å². The maximum Gasteiger partial charge on any atom is 0.291 e. The maximum atomic E-state index is 11.5. The van der Waals surface area contributed by atoms with Crippen LogP contribution in [-0.4, -0.2) is 36.3 Å². The van der Waals surface area contributed by atoms with Crippen LogP contribution in [0.1, 0.15) is 24.3 Å². The minimum Gasteiger partial charge on any atom is -0.370 e. The van der Waals surface area contributed by atoms with Crippen molar-refractivity contribution in [3.8, 4) is 6.07 Å². The highest BCUT2D eigenvalue weighted by Crippen LogP contribution is 2.31. The van der Waals surface area contributed by atoms with Gasteiger partial charge in [-0.1, -0.05) is 30.3 Å². The molecule has 2 atom stereocenters. The fraction of sp³-hybridized carbons (Fsp3) is 0.353. The molecular weight excluding hydrogens is 326 g/mol. The van der Waals surface area contributed by atoms with Gasteiger partial charge in [0.2, 0.25) is 0 Å². The molecule has 0 amide bonds. The summed E-state index contributed by atoms with van der Waals surface area (Å²) in [6.07, 6.45) is 5.19. The summed E-state index contributed by atoms with van der Waals surface area (Å²) < 4.78 is 32.4. The van der Waals surface area contributed by atoms with Crippen molar-refractivity contribution in [2.45, 2.75) is 24.1 Å². The van der Waals surface area contributed by atoms with E-state index in [1.54, 1.807) is 6.08 Å². The van der Waals surface area contributed by atoms with Gasteiger partial charge in [-0.05, 0) is 30.7 Å². The number of benzene rings is 1. The van der Waals surface area contributed by atoms with Crippen LogP contribution >= 0.6 is 0 Å². The maximum absolute atomic E-state index is 11.5. The standard InChI is InChI=1S/C17H19N3O3S/c18-11-15-16(8-9-19-17(15)24(21,22)23)20-10-4-7-14(12-20)13-5-2-1-3-6-13/h1-3,5-6,8-9,14,17,19H,4,7,10,12H2,(H,21,22,23). The lowest BCUT2D eigenvalue weighted by Crippen LogP contribution is -2.41. The van der Waals surface area contributed by atoms with E-state index in [0.717, 1.165) is 19.4 Å². The van der Waals surface area contributed by atoms with E-state index < -0.39 is 15.5 Å². The summed E-state index contributed by atoms with van der Waals surface area (Å²) >= 11 is 0. The molecule has 1 aromatic carbocycles. The van der Waals surface area contributed by atoms with E-state index in [1.165, 1.54) is 11.8 Å². The molecule has 2 unspecified atom stereocenters. The van der Waals surface area contributed by atoms with Gasteiger partial charge in [-0.15, -0.1) is 0 Å². The zero-order chi connectivity index (χ0) is 17.2. The van der Waals surface area contributed by atoms with Gasteiger partial charge < -0.3 is 10.2 Å². The largest absolute Gasteiger partial charge is 0.370 e. The topological polar surface area (TPSA) is 93.4 Å². The van der Waals surface area contributed by atoms with E-state index in [1.807, 2.05) is 29.2 Å². The molecule has 2 heterocycles. The summed E-state index contributed by atoms with van der Waals surface area (Å²) in [6, 6.07) is 12.1. The molecule has 126 valence electrons. The molecule has 2 aliphatic rings. The van der Waals surface area contributed by atoms with Gasteiger partial charge in [-0.2, -0.15) is 13.7 Å². The second-order valence-corrected chi connectivity index (χ2v) is 7.50. The van der Waals surface area contributed by atoms with Gasteiger partial charge >= 0.3 is 0 Å². The van der Waals surface area contributed by atoms with Gasteiger partial charge in [0, 0.05) is 19.0 Å². The number of rotatable bonds is 3. The third-order valence-corrected chi connectivity index (χ3v) is 5.45. The van der Waals surface area contributed by atoms with Crippen molar-refractivity contribution < 1.29 is 13.0 Å². The van der Waals surface area contributed by atoms with Crippen LogP contribution in [0.5, 0.6) is 0 Å². The average Bonchev–Trinajstić information content (AvgIpc) is 2.61. The molecule has 7 heteroatoms. The molecule has 0 radical (unpaired) electrons. The number of dihydropyridines is 1. The Morgan fingerprint density at radius 3 is 2.71 bits per heavy atom. The number of nitrogens with zero attached hydrogens (tertiary/aromatic N) is 2. The fourth-order valence-electron chi connectivity index (χ4n) is 3.34. The van der Waals surface area contributed by atoms with Crippen molar-refractivity contribution >= 4 is 10.1 Å². The van der Waals surface area contributed by atoms with Crippen LogP contribution in [0, 0.1) is 11.3 Å². The summed E-state index contributed by atoms with van der Waals surface area (Å²) in [5, 5.41) is 10.6. The molecule has 1 aromatic rings. The van der Waals surface area contributed by atoms with Gasteiger partial charge in [0.25, 0.3) is 10.1 Å². The van der Waals surface area contributed by atoms with Crippen LogP contribution in [0.4, 0.5) is 0 Å². The van der Waals surface area contributed by atoms with Crippen LogP contribution in [0.3, 0.4) is 0 Å². The van der Waals surface area contributed by atoms with Crippen molar-refractivity contribution in [3.63, 3.8) is 0 Å². The first-order valence-electron chi connectivity index (χ1n) is 7.84. The molecule has 2 aliphatic heterocycles. The summed E-state index contributed by atoms with van der Waals surface area (Å²) in [7, 11) is -4.39. The van der Waals surface area contributed by atoms with Crippen LogP contribution < -0.4 is 5.32 Å². The second-order valence-electron chi connectivity index (χ2n) is 6.00. The Balaban J connectivity index is 1.90. The summed E-state index contributed by atoms with van der Waals surface area (Å²) in [5.74, 6) is 0.333. The minimum atomic E-state index is -4.39. The van der Waals surface area contributed by atoms with Crippen LogP contribution in [-0.2, 0) is 10.1 Å². The molecule has 0 saturated carbocycles. The number of hydrogen-bond donors (Lipinski definition) is 2. The minimum absolute atomic E-state index is 0.0358. The highest BCUT2D eigenvalue weighted by molar-refractivity contribution is 7.86.